The second-order valence-electron chi connectivity index (χ2n) is 2.70. The Balaban J connectivity index is 3.11. The molecule has 0 aliphatic carbocycles. The van der Waals surface area contributed by atoms with Crippen LogP contribution in [-0.2, 0) is 17.4 Å². The SMILES string of the molecule is O=C(O)Cc1ccc(Cl)c(C(F)(F)F)n1. The van der Waals surface area contributed by atoms with E-state index in [1.54, 1.807) is 0 Å². The Hall–Kier alpha value is -1.30. The van der Waals surface area contributed by atoms with Crippen molar-refractivity contribution in [1.82, 2.24) is 4.98 Å². The van der Waals surface area contributed by atoms with Crippen LogP contribution in [0.4, 0.5) is 13.2 Å². The van der Waals surface area contributed by atoms with Crippen molar-refractivity contribution in [2.45, 2.75) is 12.6 Å². The molecule has 0 atom stereocenters. The fourth-order valence-corrected chi connectivity index (χ4v) is 1.15. The fraction of sp³-hybridized carbons (Fsp3) is 0.250. The number of aromatic nitrogens is 1. The Morgan fingerprint density at radius 1 is 1.47 bits per heavy atom. The smallest absolute Gasteiger partial charge is 0.434 e. The van der Waals surface area contributed by atoms with E-state index < -0.39 is 29.3 Å². The maximum atomic E-state index is 12.3. The van der Waals surface area contributed by atoms with Crippen molar-refractivity contribution in [3.05, 3.63) is 28.5 Å². The van der Waals surface area contributed by atoms with Gasteiger partial charge in [0.05, 0.1) is 17.1 Å². The van der Waals surface area contributed by atoms with E-state index in [2.05, 4.69) is 4.98 Å². The maximum Gasteiger partial charge on any atom is 0.434 e. The van der Waals surface area contributed by atoms with Crippen LogP contribution in [0.15, 0.2) is 12.1 Å². The Morgan fingerprint density at radius 2 is 2.07 bits per heavy atom. The average molecular weight is 240 g/mol. The molecule has 3 nitrogen and oxygen atoms in total. The molecule has 0 fully saturated rings. The van der Waals surface area contributed by atoms with Crippen molar-refractivity contribution in [2.75, 3.05) is 0 Å². The molecule has 0 saturated heterocycles. The summed E-state index contributed by atoms with van der Waals surface area (Å²) < 4.78 is 36.8. The summed E-state index contributed by atoms with van der Waals surface area (Å²) in [4.78, 5) is 13.4. The van der Waals surface area contributed by atoms with Crippen LogP contribution in [-0.4, -0.2) is 16.1 Å². The molecule has 1 rings (SSSR count). The molecule has 0 aliphatic rings. The molecule has 0 aromatic carbocycles. The van der Waals surface area contributed by atoms with E-state index in [0.29, 0.717) is 0 Å². The molecule has 7 heteroatoms. The highest BCUT2D eigenvalue weighted by molar-refractivity contribution is 6.31. The molecular formula is C8H5ClF3NO2. The van der Waals surface area contributed by atoms with Crippen LogP contribution in [0.5, 0.6) is 0 Å². The minimum atomic E-state index is -4.68. The monoisotopic (exact) mass is 239 g/mol. The molecule has 1 N–H and O–H groups in total. The summed E-state index contributed by atoms with van der Waals surface area (Å²) in [7, 11) is 0. The zero-order chi connectivity index (χ0) is 11.6. The van der Waals surface area contributed by atoms with Crippen molar-refractivity contribution in [3.63, 3.8) is 0 Å². The summed E-state index contributed by atoms with van der Waals surface area (Å²) in [6.45, 7) is 0. The molecule has 0 amide bonds. The second kappa shape index (κ2) is 4.06. The van der Waals surface area contributed by atoms with E-state index in [0.717, 1.165) is 12.1 Å². The van der Waals surface area contributed by atoms with E-state index in [4.69, 9.17) is 16.7 Å². The van der Waals surface area contributed by atoms with Gasteiger partial charge in [-0.15, -0.1) is 0 Å². The van der Waals surface area contributed by atoms with Crippen molar-refractivity contribution in [2.24, 2.45) is 0 Å². The van der Waals surface area contributed by atoms with Gasteiger partial charge in [0.25, 0.3) is 0 Å². The lowest BCUT2D eigenvalue weighted by Crippen LogP contribution is -2.12. The van der Waals surface area contributed by atoms with E-state index in [9.17, 15) is 18.0 Å². The highest BCUT2D eigenvalue weighted by atomic mass is 35.5. The Labute approximate surface area is 87.5 Å². The minimum absolute atomic E-state index is 0.181. The molecular weight excluding hydrogens is 235 g/mol. The third-order valence-corrected chi connectivity index (χ3v) is 1.81. The van der Waals surface area contributed by atoms with Crippen molar-refractivity contribution in [3.8, 4) is 0 Å². The number of rotatable bonds is 2. The van der Waals surface area contributed by atoms with Gasteiger partial charge in [-0.2, -0.15) is 13.2 Å². The molecule has 1 heterocycles. The Morgan fingerprint density at radius 3 is 2.53 bits per heavy atom. The lowest BCUT2D eigenvalue weighted by Gasteiger charge is -2.08. The van der Waals surface area contributed by atoms with Gasteiger partial charge < -0.3 is 5.11 Å². The Kier molecular flexibility index (Phi) is 3.18. The molecule has 15 heavy (non-hydrogen) atoms. The molecule has 0 radical (unpaired) electrons. The summed E-state index contributed by atoms with van der Waals surface area (Å²) in [6.07, 6.45) is -5.24. The number of hydrogen-bond acceptors (Lipinski definition) is 2. The number of halogens is 4. The largest absolute Gasteiger partial charge is 0.481 e. The standard InChI is InChI=1S/C8H5ClF3NO2/c9-5-2-1-4(3-6(14)15)13-7(5)8(10,11)12/h1-2H,3H2,(H,14,15). The summed E-state index contributed by atoms with van der Waals surface area (Å²) in [5, 5.41) is 7.83. The predicted molar refractivity (Wildman–Crippen MR) is 45.6 cm³/mol. The van der Waals surface area contributed by atoms with Gasteiger partial charge in [-0.3, -0.25) is 4.79 Å². The number of carboxylic acid groups (broad SMARTS) is 1. The summed E-state index contributed by atoms with van der Waals surface area (Å²) >= 11 is 5.29. The maximum absolute atomic E-state index is 12.3. The lowest BCUT2D eigenvalue weighted by atomic mass is 10.2. The minimum Gasteiger partial charge on any atom is -0.481 e. The third kappa shape index (κ3) is 3.09. The molecule has 0 saturated carbocycles. The van der Waals surface area contributed by atoms with Crippen LogP contribution < -0.4 is 0 Å². The van der Waals surface area contributed by atoms with E-state index in [-0.39, 0.29) is 5.69 Å². The lowest BCUT2D eigenvalue weighted by molar-refractivity contribution is -0.142. The normalized spacial score (nSPS) is 11.5. The van der Waals surface area contributed by atoms with E-state index in [1.165, 1.54) is 0 Å². The quantitative estimate of drug-likeness (QED) is 0.862. The first-order valence-electron chi connectivity index (χ1n) is 3.75. The van der Waals surface area contributed by atoms with Crippen LogP contribution in [0.2, 0.25) is 5.02 Å². The van der Waals surface area contributed by atoms with Crippen LogP contribution in [0.3, 0.4) is 0 Å². The summed E-state index contributed by atoms with van der Waals surface area (Å²) in [6, 6.07) is 2.13. The van der Waals surface area contributed by atoms with Crippen LogP contribution in [0.25, 0.3) is 0 Å². The fourth-order valence-electron chi connectivity index (χ4n) is 0.935. The van der Waals surface area contributed by atoms with Crippen molar-refractivity contribution >= 4 is 17.6 Å². The first-order valence-corrected chi connectivity index (χ1v) is 4.13. The summed E-state index contributed by atoms with van der Waals surface area (Å²) in [5.74, 6) is -1.25. The number of carboxylic acids is 1. The van der Waals surface area contributed by atoms with Crippen LogP contribution in [0, 0.1) is 0 Å². The Bertz CT molecular complexity index is 392. The first-order chi connectivity index (χ1) is 6.80. The molecule has 0 unspecified atom stereocenters. The van der Waals surface area contributed by atoms with Gasteiger partial charge in [0.1, 0.15) is 0 Å². The van der Waals surface area contributed by atoms with Gasteiger partial charge in [0.15, 0.2) is 5.69 Å². The molecule has 1 aromatic rings. The molecule has 0 aliphatic heterocycles. The third-order valence-electron chi connectivity index (χ3n) is 1.50. The average Bonchev–Trinajstić information content (AvgIpc) is 2.05. The van der Waals surface area contributed by atoms with Gasteiger partial charge in [-0.05, 0) is 12.1 Å². The molecule has 0 bridgehead atoms. The highest BCUT2D eigenvalue weighted by Crippen LogP contribution is 2.32. The van der Waals surface area contributed by atoms with Crippen LogP contribution in [0.1, 0.15) is 11.4 Å². The zero-order valence-electron chi connectivity index (χ0n) is 7.18. The van der Waals surface area contributed by atoms with Crippen LogP contribution >= 0.6 is 11.6 Å². The number of nitrogens with zero attached hydrogens (tertiary/aromatic N) is 1. The van der Waals surface area contributed by atoms with Crippen molar-refractivity contribution < 1.29 is 23.1 Å². The second-order valence-corrected chi connectivity index (χ2v) is 3.11. The van der Waals surface area contributed by atoms with E-state index >= 15 is 0 Å². The van der Waals surface area contributed by atoms with Gasteiger partial charge >= 0.3 is 12.1 Å². The number of carbonyl (C=O) groups is 1. The number of hydrogen-bond donors (Lipinski definition) is 1. The summed E-state index contributed by atoms with van der Waals surface area (Å²) in [5.41, 5.74) is -1.44. The highest BCUT2D eigenvalue weighted by Gasteiger charge is 2.35. The van der Waals surface area contributed by atoms with Gasteiger partial charge in [0, 0.05) is 0 Å². The van der Waals surface area contributed by atoms with Gasteiger partial charge in [-0.1, -0.05) is 11.6 Å². The predicted octanol–water partition coefficient (Wildman–Crippen LogP) is 2.38. The van der Waals surface area contributed by atoms with Gasteiger partial charge in [-0.25, -0.2) is 4.98 Å². The number of aliphatic carboxylic acids is 1. The zero-order valence-corrected chi connectivity index (χ0v) is 7.93. The number of alkyl halides is 3. The van der Waals surface area contributed by atoms with E-state index in [1.807, 2.05) is 0 Å². The van der Waals surface area contributed by atoms with Crippen molar-refractivity contribution in [1.29, 1.82) is 0 Å². The molecule has 1 aromatic heterocycles. The first kappa shape index (κ1) is 11.8. The number of pyridine rings is 1. The topological polar surface area (TPSA) is 50.2 Å². The molecule has 82 valence electrons. The van der Waals surface area contributed by atoms with Gasteiger partial charge in [0.2, 0.25) is 0 Å². The molecule has 0 spiro atoms.